The van der Waals surface area contributed by atoms with Crippen molar-refractivity contribution < 1.29 is 19.9 Å². The summed E-state index contributed by atoms with van der Waals surface area (Å²) in [7, 11) is 0. The Morgan fingerprint density at radius 2 is 1.95 bits per heavy atom. The van der Waals surface area contributed by atoms with E-state index in [2.05, 4.69) is 15.9 Å². The lowest BCUT2D eigenvalue weighted by atomic mass is 10.2. The zero-order valence-electron chi connectivity index (χ0n) is 9.69. The topological polar surface area (TPSA) is 104 Å². The van der Waals surface area contributed by atoms with Gasteiger partial charge in [-0.15, -0.1) is 0 Å². The van der Waals surface area contributed by atoms with Crippen molar-refractivity contribution in [3.63, 3.8) is 0 Å². The zero-order valence-corrected chi connectivity index (χ0v) is 11.3. The van der Waals surface area contributed by atoms with Crippen LogP contribution in [-0.4, -0.2) is 51.2 Å². The van der Waals surface area contributed by atoms with Gasteiger partial charge in [0.1, 0.15) is 0 Å². The Morgan fingerprint density at radius 3 is 2.47 bits per heavy atom. The quantitative estimate of drug-likeness (QED) is 0.608. The van der Waals surface area contributed by atoms with Gasteiger partial charge < -0.3 is 15.1 Å². The van der Waals surface area contributed by atoms with E-state index in [9.17, 15) is 25.1 Å². The molecule has 1 aromatic carbocycles. The van der Waals surface area contributed by atoms with E-state index in [0.717, 1.165) is 0 Å². The second-order valence-corrected chi connectivity index (χ2v) is 5.12. The van der Waals surface area contributed by atoms with Crippen molar-refractivity contribution in [2.24, 2.45) is 0 Å². The summed E-state index contributed by atoms with van der Waals surface area (Å²) in [6, 6.07) is 3.88. The molecule has 102 valence electrons. The molecule has 8 heteroatoms. The van der Waals surface area contributed by atoms with Gasteiger partial charge in [0.05, 0.1) is 22.7 Å². The van der Waals surface area contributed by atoms with Gasteiger partial charge in [0.15, 0.2) is 0 Å². The fourth-order valence-electron chi connectivity index (χ4n) is 1.90. The van der Waals surface area contributed by atoms with Gasteiger partial charge in [-0.3, -0.25) is 14.9 Å². The lowest BCUT2D eigenvalue weighted by molar-refractivity contribution is -0.384. The highest BCUT2D eigenvalue weighted by molar-refractivity contribution is 9.10. The van der Waals surface area contributed by atoms with Gasteiger partial charge >= 0.3 is 0 Å². The minimum absolute atomic E-state index is 0.00906. The third kappa shape index (κ3) is 2.75. The standard InChI is InChI=1S/C11H11BrN2O5/c12-8-2-1-6(14(18)19)3-7(8)11(17)13-4-9(15)10(16)5-13/h1-3,9-10,15-16H,4-5H2/t9-,10+. The minimum Gasteiger partial charge on any atom is -0.388 e. The van der Waals surface area contributed by atoms with Crippen LogP contribution in [-0.2, 0) is 0 Å². The van der Waals surface area contributed by atoms with E-state index in [-0.39, 0.29) is 24.3 Å². The number of nitrogens with zero attached hydrogens (tertiary/aromatic N) is 2. The molecule has 19 heavy (non-hydrogen) atoms. The smallest absolute Gasteiger partial charge is 0.270 e. The molecule has 0 spiro atoms. The molecular weight excluding hydrogens is 320 g/mol. The van der Waals surface area contributed by atoms with Crippen LogP contribution in [0.15, 0.2) is 22.7 Å². The summed E-state index contributed by atoms with van der Waals surface area (Å²) >= 11 is 3.16. The molecule has 1 aliphatic rings. The van der Waals surface area contributed by atoms with Crippen LogP contribution in [0, 0.1) is 10.1 Å². The van der Waals surface area contributed by atoms with Crippen LogP contribution < -0.4 is 0 Å². The van der Waals surface area contributed by atoms with Gasteiger partial charge in [-0.05, 0) is 22.0 Å². The van der Waals surface area contributed by atoms with E-state index in [1.54, 1.807) is 0 Å². The van der Waals surface area contributed by atoms with Crippen molar-refractivity contribution in [1.82, 2.24) is 4.90 Å². The van der Waals surface area contributed by atoms with Crippen LogP contribution in [0.5, 0.6) is 0 Å². The van der Waals surface area contributed by atoms with E-state index in [1.165, 1.54) is 23.1 Å². The fraction of sp³-hybridized carbons (Fsp3) is 0.364. The lowest BCUT2D eigenvalue weighted by Gasteiger charge is -2.16. The molecule has 1 aromatic rings. The fourth-order valence-corrected chi connectivity index (χ4v) is 2.31. The van der Waals surface area contributed by atoms with Gasteiger partial charge in [-0.2, -0.15) is 0 Å². The predicted molar refractivity (Wildman–Crippen MR) is 68.7 cm³/mol. The number of hydrogen-bond acceptors (Lipinski definition) is 5. The second-order valence-electron chi connectivity index (χ2n) is 4.27. The number of halogens is 1. The number of β-amino-alcohol motifs (C(OH)–C–C–N with tert-alkyl or cyclic N) is 2. The van der Waals surface area contributed by atoms with E-state index < -0.39 is 23.0 Å². The molecule has 0 bridgehead atoms. The number of aliphatic hydroxyl groups is 2. The average molecular weight is 331 g/mol. The largest absolute Gasteiger partial charge is 0.388 e. The van der Waals surface area contributed by atoms with Gasteiger partial charge in [-0.25, -0.2) is 0 Å². The normalized spacial score (nSPS) is 22.6. The molecule has 2 atom stereocenters. The van der Waals surface area contributed by atoms with Crippen LogP contribution in [0.4, 0.5) is 5.69 Å². The Labute approximate surface area is 116 Å². The van der Waals surface area contributed by atoms with Crippen molar-refractivity contribution in [1.29, 1.82) is 0 Å². The summed E-state index contributed by atoms with van der Waals surface area (Å²) in [6.45, 7) is 0.0181. The molecule has 7 nitrogen and oxygen atoms in total. The van der Waals surface area contributed by atoms with E-state index in [4.69, 9.17) is 0 Å². The third-order valence-electron chi connectivity index (χ3n) is 2.94. The molecular formula is C11H11BrN2O5. The zero-order chi connectivity index (χ0) is 14.2. The molecule has 2 N–H and O–H groups in total. The first-order chi connectivity index (χ1) is 8.90. The molecule has 1 saturated heterocycles. The second kappa shape index (κ2) is 5.24. The highest BCUT2D eigenvalue weighted by atomic mass is 79.9. The first-order valence-electron chi connectivity index (χ1n) is 5.49. The van der Waals surface area contributed by atoms with Crippen molar-refractivity contribution in [2.45, 2.75) is 12.2 Å². The highest BCUT2D eigenvalue weighted by Gasteiger charge is 2.33. The van der Waals surface area contributed by atoms with Crippen LogP contribution in [0.2, 0.25) is 0 Å². The van der Waals surface area contributed by atoms with Crippen molar-refractivity contribution in [3.8, 4) is 0 Å². The Kier molecular flexibility index (Phi) is 3.83. The maximum atomic E-state index is 12.2. The minimum atomic E-state index is -0.985. The van der Waals surface area contributed by atoms with Crippen LogP contribution in [0.25, 0.3) is 0 Å². The van der Waals surface area contributed by atoms with Crippen LogP contribution >= 0.6 is 15.9 Å². The molecule has 1 fully saturated rings. The molecule has 0 aliphatic carbocycles. The number of amides is 1. The number of non-ortho nitro benzene ring substituents is 1. The first kappa shape index (κ1) is 13.9. The highest BCUT2D eigenvalue weighted by Crippen LogP contribution is 2.25. The van der Waals surface area contributed by atoms with E-state index >= 15 is 0 Å². The summed E-state index contributed by atoms with van der Waals surface area (Å²) in [5.74, 6) is -0.467. The molecule has 1 heterocycles. The van der Waals surface area contributed by atoms with Crippen molar-refractivity contribution >= 4 is 27.5 Å². The summed E-state index contributed by atoms with van der Waals surface area (Å²) in [5, 5.41) is 29.5. The Morgan fingerprint density at radius 1 is 1.37 bits per heavy atom. The molecule has 1 amide bonds. The molecule has 0 radical (unpaired) electrons. The Hall–Kier alpha value is -1.51. The van der Waals surface area contributed by atoms with E-state index in [0.29, 0.717) is 4.47 Å². The lowest BCUT2D eigenvalue weighted by Crippen LogP contribution is -2.30. The number of carbonyl (C=O) groups is 1. The predicted octanol–water partition coefficient (Wildman–Crippen LogP) is 0.535. The Balaban J connectivity index is 2.29. The van der Waals surface area contributed by atoms with Crippen molar-refractivity contribution in [2.75, 3.05) is 13.1 Å². The summed E-state index contributed by atoms with van der Waals surface area (Å²) < 4.78 is 0.430. The van der Waals surface area contributed by atoms with Crippen LogP contribution in [0.3, 0.4) is 0 Å². The Bertz CT molecular complexity index is 526. The molecule has 1 aliphatic heterocycles. The SMILES string of the molecule is O=C(c1cc([N+](=O)[O-])ccc1Br)N1C[C@@H](O)[C@@H](O)C1. The number of benzene rings is 1. The monoisotopic (exact) mass is 330 g/mol. The maximum Gasteiger partial charge on any atom is 0.270 e. The van der Waals surface area contributed by atoms with Gasteiger partial charge in [0.2, 0.25) is 0 Å². The average Bonchev–Trinajstić information content (AvgIpc) is 2.69. The van der Waals surface area contributed by atoms with Gasteiger partial charge in [0.25, 0.3) is 11.6 Å². The number of rotatable bonds is 2. The third-order valence-corrected chi connectivity index (χ3v) is 3.63. The number of aliphatic hydroxyl groups excluding tert-OH is 2. The summed E-state index contributed by atoms with van der Waals surface area (Å²) in [4.78, 5) is 23.6. The molecule has 2 rings (SSSR count). The number of hydrogen-bond donors (Lipinski definition) is 2. The molecule has 0 saturated carbocycles. The number of likely N-dealkylation sites (tertiary alicyclic amines) is 1. The molecule has 0 unspecified atom stereocenters. The summed E-state index contributed by atoms with van der Waals surface area (Å²) in [5.41, 5.74) is -0.0534. The van der Waals surface area contributed by atoms with Gasteiger partial charge in [-0.1, -0.05) is 0 Å². The van der Waals surface area contributed by atoms with Crippen molar-refractivity contribution in [3.05, 3.63) is 38.3 Å². The maximum absolute atomic E-state index is 12.2. The van der Waals surface area contributed by atoms with Gasteiger partial charge in [0, 0.05) is 29.7 Å². The summed E-state index contributed by atoms with van der Waals surface area (Å²) in [6.07, 6.45) is -1.97. The molecule has 0 aromatic heterocycles. The van der Waals surface area contributed by atoms with Crippen LogP contribution in [0.1, 0.15) is 10.4 Å². The number of carbonyl (C=O) groups excluding carboxylic acids is 1. The number of nitro groups is 1. The number of nitro benzene ring substituents is 1. The first-order valence-corrected chi connectivity index (χ1v) is 6.29. The van der Waals surface area contributed by atoms with E-state index in [1.807, 2.05) is 0 Å².